The van der Waals surface area contributed by atoms with E-state index in [4.69, 9.17) is 16.3 Å². The molecule has 1 aromatic rings. The van der Waals surface area contributed by atoms with Gasteiger partial charge in [-0.05, 0) is 35.8 Å². The van der Waals surface area contributed by atoms with E-state index in [1.54, 1.807) is 0 Å². The van der Waals surface area contributed by atoms with Crippen molar-refractivity contribution in [3.63, 3.8) is 0 Å². The molecule has 17 heavy (non-hydrogen) atoms. The van der Waals surface area contributed by atoms with Gasteiger partial charge in [0.1, 0.15) is 5.82 Å². The number of alkyl halides is 1. The summed E-state index contributed by atoms with van der Waals surface area (Å²) in [6, 6.07) is 2.03. The third kappa shape index (κ3) is 2.75. The summed E-state index contributed by atoms with van der Waals surface area (Å²) < 4.78 is 6.48. The van der Waals surface area contributed by atoms with Gasteiger partial charge in [0.25, 0.3) is 0 Å². The average Bonchev–Trinajstić information content (AvgIpc) is 2.29. The third-order valence-electron chi connectivity index (χ3n) is 2.95. The summed E-state index contributed by atoms with van der Waals surface area (Å²) in [4.78, 5) is 6.79. The Kier molecular flexibility index (Phi) is 3.95. The van der Waals surface area contributed by atoms with E-state index in [1.165, 1.54) is 0 Å². The standard InChI is InChI=1S/C12H16BrClN2O/c1-12(2)8-17-4-3-16(12)11-9(6-14)5-10(13)7-15-11/h5,7H,3-4,6,8H2,1-2H3. The smallest absolute Gasteiger partial charge is 0.133 e. The van der Waals surface area contributed by atoms with Gasteiger partial charge in [-0.1, -0.05) is 0 Å². The molecule has 1 saturated heterocycles. The monoisotopic (exact) mass is 318 g/mol. The highest BCUT2D eigenvalue weighted by Crippen LogP contribution is 2.30. The highest BCUT2D eigenvalue weighted by Gasteiger charge is 2.32. The van der Waals surface area contributed by atoms with Crippen molar-refractivity contribution < 1.29 is 4.74 Å². The number of pyridine rings is 1. The molecule has 0 radical (unpaired) electrons. The molecule has 1 aliphatic rings. The lowest BCUT2D eigenvalue weighted by molar-refractivity contribution is 0.0638. The van der Waals surface area contributed by atoms with Gasteiger partial charge in [0.2, 0.25) is 0 Å². The van der Waals surface area contributed by atoms with Crippen LogP contribution >= 0.6 is 27.5 Å². The summed E-state index contributed by atoms with van der Waals surface area (Å²) in [6.07, 6.45) is 1.82. The molecule has 0 bridgehead atoms. The van der Waals surface area contributed by atoms with Gasteiger partial charge in [0.05, 0.1) is 24.6 Å². The number of hydrogen-bond acceptors (Lipinski definition) is 3. The molecule has 5 heteroatoms. The van der Waals surface area contributed by atoms with Crippen LogP contribution in [0.2, 0.25) is 0 Å². The Morgan fingerprint density at radius 2 is 2.35 bits per heavy atom. The summed E-state index contributed by atoms with van der Waals surface area (Å²) in [5.74, 6) is 1.44. The lowest BCUT2D eigenvalue weighted by Crippen LogP contribution is -2.53. The van der Waals surface area contributed by atoms with Crippen molar-refractivity contribution in [1.82, 2.24) is 4.98 Å². The molecule has 0 N–H and O–H groups in total. The first-order valence-corrected chi connectivity index (χ1v) is 6.93. The Morgan fingerprint density at radius 3 is 3.00 bits per heavy atom. The zero-order valence-corrected chi connectivity index (χ0v) is 12.4. The fraction of sp³-hybridized carbons (Fsp3) is 0.583. The van der Waals surface area contributed by atoms with E-state index in [9.17, 15) is 0 Å². The van der Waals surface area contributed by atoms with Gasteiger partial charge in [0, 0.05) is 22.8 Å². The Bertz CT molecular complexity index is 411. The van der Waals surface area contributed by atoms with Crippen molar-refractivity contribution in [1.29, 1.82) is 0 Å². The van der Waals surface area contributed by atoms with Crippen LogP contribution < -0.4 is 4.90 Å². The van der Waals surface area contributed by atoms with Crippen LogP contribution in [0.25, 0.3) is 0 Å². The number of halogens is 2. The van der Waals surface area contributed by atoms with E-state index in [0.29, 0.717) is 12.5 Å². The summed E-state index contributed by atoms with van der Waals surface area (Å²) in [5.41, 5.74) is 1.01. The van der Waals surface area contributed by atoms with Crippen molar-refractivity contribution in [2.24, 2.45) is 0 Å². The number of nitrogens with zero attached hydrogens (tertiary/aromatic N) is 2. The Balaban J connectivity index is 2.38. The van der Waals surface area contributed by atoms with Crippen LogP contribution in [0.3, 0.4) is 0 Å². The minimum Gasteiger partial charge on any atom is -0.377 e. The quantitative estimate of drug-likeness (QED) is 0.783. The molecule has 2 rings (SSSR count). The second kappa shape index (κ2) is 5.12. The highest BCUT2D eigenvalue weighted by atomic mass is 79.9. The molecule has 0 amide bonds. The molecule has 3 nitrogen and oxygen atoms in total. The maximum atomic E-state index is 6.00. The van der Waals surface area contributed by atoms with Crippen molar-refractivity contribution in [3.05, 3.63) is 22.3 Å². The first-order chi connectivity index (χ1) is 8.04. The maximum Gasteiger partial charge on any atom is 0.133 e. The molecule has 0 aliphatic carbocycles. The van der Waals surface area contributed by atoms with Crippen LogP contribution in [-0.2, 0) is 10.6 Å². The van der Waals surface area contributed by atoms with Crippen LogP contribution in [0.15, 0.2) is 16.7 Å². The zero-order valence-electron chi connectivity index (χ0n) is 10.0. The van der Waals surface area contributed by atoms with Crippen LogP contribution in [-0.4, -0.2) is 30.3 Å². The number of morpholine rings is 1. The first kappa shape index (κ1) is 13.1. The van der Waals surface area contributed by atoms with Crippen molar-refractivity contribution in [2.75, 3.05) is 24.7 Å². The van der Waals surface area contributed by atoms with Crippen molar-refractivity contribution in [2.45, 2.75) is 25.3 Å². The van der Waals surface area contributed by atoms with E-state index in [-0.39, 0.29) is 5.54 Å². The van der Waals surface area contributed by atoms with Crippen molar-refractivity contribution >= 4 is 33.3 Å². The van der Waals surface area contributed by atoms with Gasteiger partial charge in [-0.15, -0.1) is 11.6 Å². The van der Waals surface area contributed by atoms with E-state index >= 15 is 0 Å². The fourth-order valence-corrected chi connectivity index (χ4v) is 2.64. The predicted octanol–water partition coefficient (Wildman–Crippen LogP) is 3.20. The topological polar surface area (TPSA) is 25.4 Å². The number of ether oxygens (including phenoxy) is 1. The average molecular weight is 320 g/mol. The lowest BCUT2D eigenvalue weighted by atomic mass is 10.0. The zero-order chi connectivity index (χ0) is 12.5. The molecule has 1 aliphatic heterocycles. The minimum atomic E-state index is -0.0418. The van der Waals surface area contributed by atoms with Crippen LogP contribution in [0.4, 0.5) is 5.82 Å². The number of aromatic nitrogens is 1. The SMILES string of the molecule is CC1(C)COCCN1c1ncc(Br)cc1CCl. The minimum absolute atomic E-state index is 0.0418. The molecular formula is C12H16BrClN2O. The Labute approximate surface area is 115 Å². The van der Waals surface area contributed by atoms with Gasteiger partial charge >= 0.3 is 0 Å². The summed E-state index contributed by atoms with van der Waals surface area (Å²) in [7, 11) is 0. The molecule has 0 unspecified atom stereocenters. The molecule has 0 spiro atoms. The summed E-state index contributed by atoms with van der Waals surface area (Å²) >= 11 is 9.42. The number of rotatable bonds is 2. The summed E-state index contributed by atoms with van der Waals surface area (Å²) in [5, 5.41) is 0. The molecule has 1 aromatic heterocycles. The van der Waals surface area contributed by atoms with Gasteiger partial charge in [0.15, 0.2) is 0 Å². The second-order valence-electron chi connectivity index (χ2n) is 4.79. The predicted molar refractivity (Wildman–Crippen MR) is 73.7 cm³/mol. The van der Waals surface area contributed by atoms with Gasteiger partial charge in [-0.2, -0.15) is 0 Å². The van der Waals surface area contributed by atoms with E-state index in [1.807, 2.05) is 12.3 Å². The van der Waals surface area contributed by atoms with Gasteiger partial charge < -0.3 is 9.64 Å². The molecule has 0 saturated carbocycles. The van der Waals surface area contributed by atoms with Gasteiger partial charge in [-0.3, -0.25) is 0 Å². The molecule has 94 valence electrons. The van der Waals surface area contributed by atoms with Gasteiger partial charge in [-0.25, -0.2) is 4.98 Å². The normalized spacial score (nSPS) is 19.4. The Hall–Kier alpha value is -0.320. The summed E-state index contributed by atoms with van der Waals surface area (Å²) in [6.45, 7) is 6.63. The number of anilines is 1. The lowest BCUT2D eigenvalue weighted by Gasteiger charge is -2.43. The second-order valence-corrected chi connectivity index (χ2v) is 5.97. The molecule has 0 atom stereocenters. The van der Waals surface area contributed by atoms with Crippen molar-refractivity contribution in [3.8, 4) is 0 Å². The maximum absolute atomic E-state index is 6.00. The highest BCUT2D eigenvalue weighted by molar-refractivity contribution is 9.10. The van der Waals surface area contributed by atoms with Crippen LogP contribution in [0.5, 0.6) is 0 Å². The third-order valence-corrected chi connectivity index (χ3v) is 3.68. The van der Waals surface area contributed by atoms with E-state index in [2.05, 4.69) is 39.7 Å². The van der Waals surface area contributed by atoms with Crippen LogP contribution in [0, 0.1) is 0 Å². The molecular weight excluding hydrogens is 304 g/mol. The molecule has 0 aromatic carbocycles. The largest absolute Gasteiger partial charge is 0.377 e. The molecule has 1 fully saturated rings. The first-order valence-electron chi connectivity index (χ1n) is 5.60. The fourth-order valence-electron chi connectivity index (χ4n) is 2.07. The Morgan fingerprint density at radius 1 is 1.59 bits per heavy atom. The molecule has 2 heterocycles. The number of hydrogen-bond donors (Lipinski definition) is 0. The van der Waals surface area contributed by atoms with E-state index < -0.39 is 0 Å². The van der Waals surface area contributed by atoms with Crippen LogP contribution in [0.1, 0.15) is 19.4 Å². The van der Waals surface area contributed by atoms with E-state index in [0.717, 1.165) is 29.0 Å².